The zero-order chi connectivity index (χ0) is 15.5. The third kappa shape index (κ3) is 3.60. The number of benzene rings is 1. The van der Waals surface area contributed by atoms with Crippen LogP contribution in [-0.4, -0.2) is 30.6 Å². The van der Waals surface area contributed by atoms with Crippen LogP contribution < -0.4 is 10.0 Å². The van der Waals surface area contributed by atoms with E-state index in [0.717, 1.165) is 12.1 Å². The summed E-state index contributed by atoms with van der Waals surface area (Å²) in [5.41, 5.74) is 0.316. The highest BCUT2D eigenvalue weighted by Crippen LogP contribution is 2.20. The van der Waals surface area contributed by atoms with Crippen LogP contribution in [0, 0.1) is 11.6 Å². The fraction of sp³-hybridized carbons (Fsp3) is 0.273. The Bertz CT molecular complexity index is 718. The number of nitrogens with one attached hydrogen (secondary N) is 3. The Morgan fingerprint density at radius 1 is 1.29 bits per heavy atom. The van der Waals surface area contributed by atoms with E-state index in [1.54, 1.807) is 7.05 Å². The fourth-order valence-corrected chi connectivity index (χ4v) is 2.80. The lowest BCUT2D eigenvalue weighted by molar-refractivity contribution is 0.480. The molecule has 0 aliphatic heterocycles. The van der Waals surface area contributed by atoms with E-state index in [0.29, 0.717) is 5.56 Å². The van der Waals surface area contributed by atoms with E-state index in [1.807, 2.05) is 0 Å². The molecule has 0 saturated carbocycles. The van der Waals surface area contributed by atoms with Gasteiger partial charge in [-0.3, -0.25) is 5.10 Å². The fourth-order valence-electron chi connectivity index (χ4n) is 1.68. The first-order valence-electron chi connectivity index (χ1n) is 5.90. The van der Waals surface area contributed by atoms with Crippen molar-refractivity contribution >= 4 is 10.0 Å². The lowest BCUT2D eigenvalue weighted by atomic mass is 10.2. The van der Waals surface area contributed by atoms with Gasteiger partial charge in [0.05, 0.1) is 6.54 Å². The predicted molar refractivity (Wildman–Crippen MR) is 69.5 cm³/mol. The first-order valence-corrected chi connectivity index (χ1v) is 7.39. The molecule has 10 heteroatoms. The third-order valence-corrected chi connectivity index (χ3v) is 4.02. The van der Waals surface area contributed by atoms with Gasteiger partial charge in [-0.25, -0.2) is 26.9 Å². The van der Waals surface area contributed by atoms with E-state index in [-0.39, 0.29) is 18.9 Å². The minimum atomic E-state index is -4.21. The average Bonchev–Trinajstić information content (AvgIpc) is 2.94. The molecule has 0 aliphatic rings. The molecule has 7 nitrogen and oxygen atoms in total. The van der Waals surface area contributed by atoms with E-state index in [2.05, 4.69) is 25.2 Å². The zero-order valence-electron chi connectivity index (χ0n) is 11.0. The van der Waals surface area contributed by atoms with Crippen LogP contribution in [0.3, 0.4) is 0 Å². The highest BCUT2D eigenvalue weighted by Gasteiger charge is 2.23. The number of hydrogen-bond donors (Lipinski definition) is 3. The van der Waals surface area contributed by atoms with Crippen LogP contribution in [0.25, 0.3) is 0 Å². The number of sulfonamides is 1. The second-order valence-electron chi connectivity index (χ2n) is 4.18. The molecule has 0 aliphatic carbocycles. The van der Waals surface area contributed by atoms with Crippen molar-refractivity contribution in [3.8, 4) is 0 Å². The van der Waals surface area contributed by atoms with E-state index in [1.165, 1.54) is 6.33 Å². The van der Waals surface area contributed by atoms with E-state index in [9.17, 15) is 17.2 Å². The Balaban J connectivity index is 2.30. The largest absolute Gasteiger partial charge is 0.316 e. The molecule has 2 aromatic rings. The van der Waals surface area contributed by atoms with Crippen LogP contribution in [-0.2, 0) is 23.1 Å². The highest BCUT2D eigenvalue weighted by molar-refractivity contribution is 7.89. The van der Waals surface area contributed by atoms with Crippen LogP contribution in [0.4, 0.5) is 8.78 Å². The van der Waals surface area contributed by atoms with Gasteiger partial charge >= 0.3 is 0 Å². The van der Waals surface area contributed by atoms with Gasteiger partial charge in [-0.15, -0.1) is 0 Å². The van der Waals surface area contributed by atoms with Crippen molar-refractivity contribution in [1.82, 2.24) is 25.2 Å². The summed E-state index contributed by atoms with van der Waals surface area (Å²) in [5.74, 6) is -2.38. The Labute approximate surface area is 119 Å². The molecule has 0 saturated heterocycles. The van der Waals surface area contributed by atoms with Gasteiger partial charge in [0.2, 0.25) is 10.0 Å². The minimum absolute atomic E-state index is 0.209. The first-order chi connectivity index (χ1) is 9.94. The summed E-state index contributed by atoms with van der Waals surface area (Å²) in [6.07, 6.45) is 1.21. The van der Waals surface area contributed by atoms with Gasteiger partial charge in [-0.2, -0.15) is 5.10 Å². The quantitative estimate of drug-likeness (QED) is 0.711. The monoisotopic (exact) mass is 317 g/mol. The molecule has 1 heterocycles. The van der Waals surface area contributed by atoms with Gasteiger partial charge in [0.15, 0.2) is 11.6 Å². The molecule has 0 atom stereocenters. The van der Waals surface area contributed by atoms with Gasteiger partial charge in [0.1, 0.15) is 17.0 Å². The van der Waals surface area contributed by atoms with Crippen LogP contribution in [0.2, 0.25) is 0 Å². The smallest absolute Gasteiger partial charge is 0.244 e. The summed E-state index contributed by atoms with van der Waals surface area (Å²) in [5, 5.41) is 8.74. The molecule has 0 spiro atoms. The molecule has 0 unspecified atom stereocenters. The number of nitrogens with zero attached hydrogens (tertiary/aromatic N) is 2. The van der Waals surface area contributed by atoms with Crippen molar-refractivity contribution < 1.29 is 17.2 Å². The van der Waals surface area contributed by atoms with E-state index >= 15 is 0 Å². The SMILES string of the molecule is CNCc1cc(F)c(F)c(S(=O)(=O)NCc2ncn[nH]2)c1. The summed E-state index contributed by atoms with van der Waals surface area (Å²) >= 11 is 0. The van der Waals surface area contributed by atoms with E-state index in [4.69, 9.17) is 0 Å². The number of halogens is 2. The van der Waals surface area contributed by atoms with Crippen LogP contribution >= 0.6 is 0 Å². The van der Waals surface area contributed by atoms with Gasteiger partial charge in [0.25, 0.3) is 0 Å². The van der Waals surface area contributed by atoms with Gasteiger partial charge in [0, 0.05) is 6.54 Å². The van der Waals surface area contributed by atoms with Crippen molar-refractivity contribution in [2.45, 2.75) is 18.0 Å². The molecule has 2 rings (SSSR count). The molecule has 21 heavy (non-hydrogen) atoms. The lowest BCUT2D eigenvalue weighted by Gasteiger charge is -2.09. The molecular weight excluding hydrogens is 304 g/mol. The summed E-state index contributed by atoms with van der Waals surface area (Å²) < 4.78 is 53.5. The van der Waals surface area contributed by atoms with E-state index < -0.39 is 26.6 Å². The normalized spacial score (nSPS) is 11.8. The topological polar surface area (TPSA) is 99.8 Å². The molecule has 0 amide bonds. The van der Waals surface area contributed by atoms with Crippen molar-refractivity contribution in [2.24, 2.45) is 0 Å². The summed E-state index contributed by atoms with van der Waals surface area (Å²) in [4.78, 5) is 2.99. The highest BCUT2D eigenvalue weighted by atomic mass is 32.2. The minimum Gasteiger partial charge on any atom is -0.316 e. The summed E-state index contributed by atoms with van der Waals surface area (Å²) in [6.45, 7) is 0.00146. The van der Waals surface area contributed by atoms with Gasteiger partial charge in [-0.05, 0) is 24.7 Å². The second kappa shape index (κ2) is 6.24. The number of rotatable bonds is 6. The molecule has 0 bridgehead atoms. The van der Waals surface area contributed by atoms with Crippen molar-refractivity contribution in [2.75, 3.05) is 7.05 Å². The zero-order valence-corrected chi connectivity index (χ0v) is 11.8. The van der Waals surface area contributed by atoms with Crippen molar-refractivity contribution in [3.05, 3.63) is 41.5 Å². The first kappa shape index (κ1) is 15.5. The van der Waals surface area contributed by atoms with Crippen LogP contribution in [0.5, 0.6) is 0 Å². The summed E-state index contributed by atoms with van der Waals surface area (Å²) in [6, 6.07) is 2.03. The predicted octanol–water partition coefficient (Wildman–Crippen LogP) is 0.281. The maximum Gasteiger partial charge on any atom is 0.244 e. The van der Waals surface area contributed by atoms with Crippen molar-refractivity contribution in [1.29, 1.82) is 0 Å². The second-order valence-corrected chi connectivity index (χ2v) is 5.91. The Morgan fingerprint density at radius 2 is 2.05 bits per heavy atom. The Kier molecular flexibility index (Phi) is 4.60. The standard InChI is InChI=1S/C11H13F2N5O2S/c1-14-4-7-2-8(12)11(13)9(3-7)21(19,20)17-5-10-15-6-16-18-10/h2-3,6,14,17H,4-5H2,1H3,(H,15,16,18). The average molecular weight is 317 g/mol. The molecule has 0 fully saturated rings. The number of hydrogen-bond acceptors (Lipinski definition) is 5. The maximum atomic E-state index is 13.7. The molecule has 1 aromatic carbocycles. The van der Waals surface area contributed by atoms with Crippen molar-refractivity contribution in [3.63, 3.8) is 0 Å². The molecular formula is C11H13F2N5O2S. The molecule has 1 aromatic heterocycles. The number of H-pyrrole nitrogens is 1. The third-order valence-electron chi connectivity index (χ3n) is 2.62. The number of aromatic amines is 1. The Hall–Kier alpha value is -1.91. The van der Waals surface area contributed by atoms with Crippen LogP contribution in [0.1, 0.15) is 11.4 Å². The van der Waals surface area contributed by atoms with Gasteiger partial charge < -0.3 is 5.32 Å². The summed E-state index contributed by atoms with van der Waals surface area (Å²) in [7, 11) is -2.60. The maximum absolute atomic E-state index is 13.7. The number of aromatic nitrogens is 3. The molecule has 3 N–H and O–H groups in total. The Morgan fingerprint density at radius 3 is 2.67 bits per heavy atom. The molecule has 114 valence electrons. The van der Waals surface area contributed by atoms with Gasteiger partial charge in [-0.1, -0.05) is 0 Å². The van der Waals surface area contributed by atoms with Crippen LogP contribution in [0.15, 0.2) is 23.4 Å². The lowest BCUT2D eigenvalue weighted by Crippen LogP contribution is -2.25. The molecule has 0 radical (unpaired) electrons.